The Kier molecular flexibility index (Phi) is 7.21. The number of allylic oxidation sites excluding steroid dienone is 3. The number of carbonyl (C=O) groups is 2. The van der Waals surface area contributed by atoms with Gasteiger partial charge in [-0.1, -0.05) is 32.0 Å². The number of ketones is 1. The second kappa shape index (κ2) is 9.35. The van der Waals surface area contributed by atoms with Crippen molar-refractivity contribution in [2.45, 2.75) is 13.8 Å². The zero-order chi connectivity index (χ0) is 19.7. The highest BCUT2D eigenvalue weighted by atomic mass is 16.5. The van der Waals surface area contributed by atoms with Gasteiger partial charge in [-0.05, 0) is 17.9 Å². The number of rotatable bonds is 6. The van der Waals surface area contributed by atoms with E-state index in [0.717, 1.165) is 0 Å². The first-order valence-electron chi connectivity index (χ1n) is 7.46. The summed E-state index contributed by atoms with van der Waals surface area (Å²) in [7, 11) is 0. The van der Waals surface area contributed by atoms with Crippen LogP contribution in [-0.4, -0.2) is 24.2 Å². The number of benzene rings is 1. The van der Waals surface area contributed by atoms with E-state index in [1.165, 1.54) is 36.4 Å². The highest BCUT2D eigenvalue weighted by molar-refractivity contribution is 6.19. The van der Waals surface area contributed by atoms with E-state index in [1.807, 2.05) is 13.8 Å². The van der Waals surface area contributed by atoms with Crippen LogP contribution in [0.1, 0.15) is 34.6 Å². The number of esters is 1. The molecule has 0 aliphatic heterocycles. The molecule has 26 heavy (non-hydrogen) atoms. The van der Waals surface area contributed by atoms with Gasteiger partial charge in [-0.15, -0.1) is 0 Å². The molecule has 0 heterocycles. The normalized spacial score (nSPS) is 9.08. The van der Waals surface area contributed by atoms with Crippen molar-refractivity contribution in [2.75, 3.05) is 6.61 Å². The Morgan fingerprint density at radius 1 is 1.08 bits per heavy atom. The van der Waals surface area contributed by atoms with Gasteiger partial charge < -0.3 is 4.74 Å². The highest BCUT2D eigenvalue weighted by Crippen LogP contribution is 2.22. The minimum absolute atomic E-state index is 0.0619. The Hall–Kier alpha value is -3.98. The molecule has 0 fully saturated rings. The zero-order valence-corrected chi connectivity index (χ0v) is 14.2. The van der Waals surface area contributed by atoms with Crippen molar-refractivity contribution >= 4 is 17.6 Å². The van der Waals surface area contributed by atoms with Gasteiger partial charge >= 0.3 is 5.97 Å². The third-order valence-corrected chi connectivity index (χ3v) is 3.13. The molecule has 1 aromatic rings. The van der Waals surface area contributed by atoms with E-state index in [-0.39, 0.29) is 23.7 Å². The summed E-state index contributed by atoms with van der Waals surface area (Å²) in [6.45, 7) is 3.85. The average molecular weight is 346 g/mol. The van der Waals surface area contributed by atoms with Gasteiger partial charge in [0.15, 0.2) is 5.78 Å². The van der Waals surface area contributed by atoms with Crippen LogP contribution in [0.3, 0.4) is 0 Å². The van der Waals surface area contributed by atoms with Crippen LogP contribution in [0.15, 0.2) is 41.0 Å². The molecule has 0 aromatic heterocycles. The molecule has 0 amide bonds. The fraction of sp³-hybridized carbons (Fsp3) is 0.211. The van der Waals surface area contributed by atoms with Gasteiger partial charge in [0, 0.05) is 5.56 Å². The smallest absolute Gasteiger partial charge is 0.338 e. The van der Waals surface area contributed by atoms with Crippen molar-refractivity contribution in [3.8, 4) is 18.2 Å². The van der Waals surface area contributed by atoms with E-state index >= 15 is 0 Å². The molecule has 0 aliphatic rings. The van der Waals surface area contributed by atoms with Crippen molar-refractivity contribution in [1.29, 1.82) is 21.2 Å². The number of carbonyl (C=O) groups excluding carboxylic acids is 2. The summed E-state index contributed by atoms with van der Waals surface area (Å²) < 4.78 is 5.12. The van der Waals surface area contributed by atoms with Crippen LogP contribution in [0.5, 0.6) is 0 Å². The number of hydrogen-bond donors (Lipinski definition) is 1. The number of nitriles is 3. The van der Waals surface area contributed by atoms with Crippen LogP contribution in [0, 0.1) is 45.3 Å². The van der Waals surface area contributed by atoms with E-state index in [0.29, 0.717) is 0 Å². The van der Waals surface area contributed by atoms with Crippen molar-refractivity contribution in [3.05, 3.63) is 52.1 Å². The largest absolute Gasteiger partial charge is 0.462 e. The lowest BCUT2D eigenvalue weighted by atomic mass is 9.91. The molecule has 1 N–H and O–H groups in total. The van der Waals surface area contributed by atoms with E-state index in [1.54, 1.807) is 11.9 Å². The Labute approximate surface area is 150 Å². The molecule has 0 spiro atoms. The van der Waals surface area contributed by atoms with Crippen LogP contribution < -0.4 is 0 Å². The Balaban J connectivity index is 3.54. The summed E-state index contributed by atoms with van der Waals surface area (Å²) in [5.74, 6) is 0.192. The molecule has 7 nitrogen and oxygen atoms in total. The van der Waals surface area contributed by atoms with Crippen molar-refractivity contribution in [1.82, 2.24) is 0 Å². The van der Waals surface area contributed by atoms with E-state index < -0.39 is 28.5 Å². The quantitative estimate of drug-likeness (QED) is 0.210. The lowest BCUT2D eigenvalue weighted by molar-refractivity contribution is 0.0456. The average Bonchev–Trinajstić information content (AvgIpc) is 2.66. The van der Waals surface area contributed by atoms with Crippen molar-refractivity contribution in [3.63, 3.8) is 0 Å². The monoisotopic (exact) mass is 346 g/mol. The molecule has 7 heteroatoms. The number of Topliss-reactive ketones (excluding diaryl/α,β-unsaturated/α-hetero) is 1. The third-order valence-electron chi connectivity index (χ3n) is 3.13. The number of hydrogen-bond acceptors (Lipinski definition) is 7. The van der Waals surface area contributed by atoms with Crippen LogP contribution in [0.2, 0.25) is 0 Å². The molecule has 0 atom stereocenters. The zero-order valence-electron chi connectivity index (χ0n) is 14.2. The van der Waals surface area contributed by atoms with Gasteiger partial charge in [-0.3, -0.25) is 10.2 Å². The molecule has 1 rings (SSSR count). The Morgan fingerprint density at radius 3 is 2.12 bits per heavy atom. The minimum atomic E-state index is -0.906. The SMILES string of the molecule is CC(C)COC(=O)c1ccccc1C(=O)C(C(=C=N)C#N)=C(C#N)C#N. The minimum Gasteiger partial charge on any atom is -0.462 e. The highest BCUT2D eigenvalue weighted by Gasteiger charge is 2.26. The number of ether oxygens (including phenoxy) is 1. The molecule has 0 radical (unpaired) electrons. The van der Waals surface area contributed by atoms with Crippen molar-refractivity contribution in [2.24, 2.45) is 5.92 Å². The topological polar surface area (TPSA) is 139 Å². The van der Waals surface area contributed by atoms with Gasteiger partial charge in [0.1, 0.15) is 29.4 Å². The second-order valence-corrected chi connectivity index (χ2v) is 5.45. The molecule has 0 bridgehead atoms. The first-order valence-corrected chi connectivity index (χ1v) is 7.46. The van der Waals surface area contributed by atoms with Gasteiger partial charge in [0.05, 0.1) is 17.7 Å². The fourth-order valence-electron chi connectivity index (χ4n) is 1.95. The van der Waals surface area contributed by atoms with Gasteiger partial charge in [0.2, 0.25) is 0 Å². The molecule has 0 unspecified atom stereocenters. The summed E-state index contributed by atoms with van der Waals surface area (Å²) in [4.78, 5) is 25.1. The van der Waals surface area contributed by atoms with Gasteiger partial charge in [-0.25, -0.2) is 4.79 Å². The predicted molar refractivity (Wildman–Crippen MR) is 91.0 cm³/mol. The van der Waals surface area contributed by atoms with E-state index in [2.05, 4.69) is 0 Å². The van der Waals surface area contributed by atoms with Crippen LogP contribution >= 0.6 is 0 Å². The van der Waals surface area contributed by atoms with Crippen LogP contribution in [0.4, 0.5) is 0 Å². The lowest BCUT2D eigenvalue weighted by Gasteiger charge is -2.11. The fourth-order valence-corrected chi connectivity index (χ4v) is 1.95. The van der Waals surface area contributed by atoms with Crippen LogP contribution in [-0.2, 0) is 4.74 Å². The molecular formula is C19H14N4O3. The molecule has 128 valence electrons. The van der Waals surface area contributed by atoms with Gasteiger partial charge in [-0.2, -0.15) is 15.8 Å². The molecule has 0 saturated carbocycles. The summed E-state index contributed by atoms with van der Waals surface area (Å²) >= 11 is 0. The van der Waals surface area contributed by atoms with E-state index in [4.69, 9.17) is 25.9 Å². The molecular weight excluding hydrogens is 332 g/mol. The second-order valence-electron chi connectivity index (χ2n) is 5.45. The predicted octanol–water partition coefficient (Wildman–Crippen LogP) is 2.72. The summed E-state index contributed by atoms with van der Waals surface area (Å²) in [5, 5.41) is 34.4. The number of nitrogens with one attached hydrogen (secondary N) is 1. The lowest BCUT2D eigenvalue weighted by Crippen LogP contribution is -2.16. The summed E-state index contributed by atoms with van der Waals surface area (Å²) in [6.07, 6.45) is 0. The van der Waals surface area contributed by atoms with Gasteiger partial charge in [0.25, 0.3) is 0 Å². The van der Waals surface area contributed by atoms with Crippen LogP contribution in [0.25, 0.3) is 0 Å². The standard InChI is InChI=1S/C19H14N4O3/c1-12(2)11-26-19(25)16-6-4-3-5-15(16)18(24)17(13(7-20)8-21)14(9-22)10-23/h3-6,12,20H,11H2,1-2H3. The first kappa shape index (κ1) is 20.1. The first-order chi connectivity index (χ1) is 12.4. The number of nitrogens with zero attached hydrogens (tertiary/aromatic N) is 3. The summed E-state index contributed by atoms with van der Waals surface area (Å²) in [5.41, 5.74) is -1.98. The third kappa shape index (κ3) is 4.52. The maximum absolute atomic E-state index is 12.9. The Morgan fingerprint density at radius 2 is 1.65 bits per heavy atom. The molecule has 0 saturated heterocycles. The maximum atomic E-state index is 12.9. The molecule has 1 aromatic carbocycles. The van der Waals surface area contributed by atoms with E-state index in [9.17, 15) is 9.59 Å². The van der Waals surface area contributed by atoms with Crippen molar-refractivity contribution < 1.29 is 14.3 Å². The summed E-state index contributed by atoms with van der Waals surface area (Å²) in [6, 6.07) is 10.3. The Bertz CT molecular complexity index is 930. The molecule has 0 aliphatic carbocycles. The maximum Gasteiger partial charge on any atom is 0.338 e.